The lowest BCUT2D eigenvalue weighted by Gasteiger charge is -2.43. The quantitative estimate of drug-likeness (QED) is 0.539. The van der Waals surface area contributed by atoms with E-state index in [0.29, 0.717) is 34.5 Å². The van der Waals surface area contributed by atoms with Gasteiger partial charge in [-0.05, 0) is 24.3 Å². The van der Waals surface area contributed by atoms with Crippen LogP contribution < -0.4 is 5.32 Å². The van der Waals surface area contributed by atoms with Gasteiger partial charge in [0, 0.05) is 46.5 Å². The van der Waals surface area contributed by atoms with Crippen LogP contribution in [-0.2, 0) is 5.72 Å². The monoisotopic (exact) mass is 442 g/mol. The predicted molar refractivity (Wildman–Crippen MR) is 118 cm³/mol. The molecule has 164 valence electrons. The minimum absolute atomic E-state index is 0.0318. The fraction of sp³-hybridized carbons (Fsp3) is 0.154. The molecule has 2 heterocycles. The molecular weight excluding hydrogens is 423 g/mol. The number of hydrogen-bond acceptors (Lipinski definition) is 5. The predicted octanol–water partition coefficient (Wildman–Crippen LogP) is 3.13. The Morgan fingerprint density at radius 1 is 0.970 bits per heavy atom. The number of carbonyl (C=O) groups excluding carboxylic acids is 2. The number of phenols is 1. The summed E-state index contributed by atoms with van der Waals surface area (Å²) in [7, 11) is 0. The molecule has 0 saturated heterocycles. The highest BCUT2D eigenvalue weighted by molar-refractivity contribution is 6.21. The van der Waals surface area contributed by atoms with Crippen LogP contribution in [0.2, 0.25) is 0 Å². The Bertz CT molecular complexity index is 1400. The molecule has 2 aliphatic heterocycles. The summed E-state index contributed by atoms with van der Waals surface area (Å²) in [6.07, 6.45) is 0. The first-order valence-electron chi connectivity index (χ1n) is 10.7. The van der Waals surface area contributed by atoms with Crippen molar-refractivity contribution in [2.24, 2.45) is 0 Å². The van der Waals surface area contributed by atoms with Crippen LogP contribution in [0.15, 0.2) is 72.3 Å². The van der Waals surface area contributed by atoms with Crippen LogP contribution in [0.1, 0.15) is 43.3 Å². The van der Waals surface area contributed by atoms with Crippen LogP contribution >= 0.6 is 0 Å². The second kappa shape index (κ2) is 6.76. The average Bonchev–Trinajstić information content (AvgIpc) is 3.20. The van der Waals surface area contributed by atoms with E-state index in [1.165, 1.54) is 11.0 Å². The Kier molecular flexibility index (Phi) is 4.04. The highest BCUT2D eigenvalue weighted by atomic mass is 19.1. The summed E-state index contributed by atoms with van der Waals surface area (Å²) in [5, 5.41) is 26.4. The second-order valence-electron chi connectivity index (χ2n) is 8.45. The van der Waals surface area contributed by atoms with E-state index in [2.05, 4.69) is 5.32 Å². The molecule has 2 unspecified atom stereocenters. The molecule has 0 spiro atoms. The number of Topliss-reactive ketones (excluding diaryl/α,β-unsaturated/α-hetero) is 1. The Morgan fingerprint density at radius 2 is 1.67 bits per heavy atom. The van der Waals surface area contributed by atoms with Crippen LogP contribution in [0, 0.1) is 5.82 Å². The maximum absolute atomic E-state index is 14.4. The van der Waals surface area contributed by atoms with Crippen molar-refractivity contribution in [1.82, 2.24) is 10.2 Å². The zero-order chi connectivity index (χ0) is 22.9. The normalized spacial score (nSPS) is 23.3. The van der Waals surface area contributed by atoms with Crippen molar-refractivity contribution in [3.63, 3.8) is 0 Å². The van der Waals surface area contributed by atoms with Crippen LogP contribution in [-0.4, -0.2) is 39.9 Å². The third-order valence-corrected chi connectivity index (χ3v) is 6.79. The highest BCUT2D eigenvalue weighted by Gasteiger charge is 2.58. The number of rotatable bonds is 1. The van der Waals surface area contributed by atoms with Gasteiger partial charge in [-0.1, -0.05) is 42.5 Å². The Hall–Kier alpha value is -3.97. The van der Waals surface area contributed by atoms with Crippen molar-refractivity contribution in [3.8, 4) is 5.75 Å². The van der Waals surface area contributed by atoms with Gasteiger partial charge in [-0.15, -0.1) is 0 Å². The Labute approximate surface area is 188 Å². The third-order valence-electron chi connectivity index (χ3n) is 6.79. The number of benzene rings is 3. The fourth-order valence-electron chi connectivity index (χ4n) is 5.41. The number of nitrogens with one attached hydrogen (secondary N) is 1. The lowest BCUT2D eigenvalue weighted by atomic mass is 9.76. The van der Waals surface area contributed by atoms with Gasteiger partial charge in [-0.25, -0.2) is 4.39 Å². The van der Waals surface area contributed by atoms with Crippen LogP contribution in [0.4, 0.5) is 4.39 Å². The summed E-state index contributed by atoms with van der Waals surface area (Å²) < 4.78 is 14.4. The highest BCUT2D eigenvalue weighted by Crippen LogP contribution is 2.55. The standard InChI is InChI=1S/C26H19FN2O4/c27-14-9-10-20(30)18(13-14)22-21-23(15-5-1-2-6-16(15)24(21)31)28-11-12-29-25(32)17-7-3-4-8-19(17)26(22,29)33/h1-10,13,22,28,30,33H,11-12H2. The van der Waals surface area contributed by atoms with Gasteiger partial charge in [0.05, 0.1) is 11.6 Å². The zero-order valence-electron chi connectivity index (χ0n) is 17.4. The van der Waals surface area contributed by atoms with E-state index < -0.39 is 17.5 Å². The topological polar surface area (TPSA) is 89.9 Å². The molecule has 3 aromatic rings. The molecule has 0 fully saturated rings. The number of ketones is 1. The lowest BCUT2D eigenvalue weighted by Crippen LogP contribution is -2.52. The largest absolute Gasteiger partial charge is 0.508 e. The third kappa shape index (κ3) is 2.51. The Morgan fingerprint density at radius 3 is 2.45 bits per heavy atom. The van der Waals surface area contributed by atoms with Crippen molar-refractivity contribution in [2.75, 3.05) is 13.1 Å². The van der Waals surface area contributed by atoms with Gasteiger partial charge in [-0.3, -0.25) is 9.59 Å². The number of aliphatic hydroxyl groups is 1. The molecule has 0 aromatic heterocycles. The number of hydrogen-bond donors (Lipinski definition) is 3. The average molecular weight is 442 g/mol. The number of aromatic hydroxyl groups is 1. The first kappa shape index (κ1) is 19.7. The van der Waals surface area contributed by atoms with E-state index in [-0.39, 0.29) is 35.1 Å². The van der Waals surface area contributed by atoms with Crippen LogP contribution in [0.25, 0.3) is 5.70 Å². The fourth-order valence-corrected chi connectivity index (χ4v) is 5.41. The summed E-state index contributed by atoms with van der Waals surface area (Å²) in [6, 6.07) is 17.1. The van der Waals surface area contributed by atoms with E-state index in [1.807, 2.05) is 12.1 Å². The molecule has 0 saturated carbocycles. The first-order valence-corrected chi connectivity index (χ1v) is 10.7. The number of fused-ring (bicyclic) bond motifs is 5. The van der Waals surface area contributed by atoms with Gasteiger partial charge in [0.15, 0.2) is 11.5 Å². The number of phenolic OH excluding ortho intramolecular Hbond substituents is 1. The smallest absolute Gasteiger partial charge is 0.256 e. The van der Waals surface area contributed by atoms with E-state index in [1.54, 1.807) is 36.4 Å². The van der Waals surface area contributed by atoms with Gasteiger partial charge >= 0.3 is 0 Å². The summed E-state index contributed by atoms with van der Waals surface area (Å²) in [5.74, 6) is -2.86. The van der Waals surface area contributed by atoms with Gasteiger partial charge in [-0.2, -0.15) is 0 Å². The maximum Gasteiger partial charge on any atom is 0.256 e. The van der Waals surface area contributed by atoms with Gasteiger partial charge in [0.25, 0.3) is 5.91 Å². The molecule has 1 aliphatic carbocycles. The van der Waals surface area contributed by atoms with Gasteiger partial charge < -0.3 is 20.4 Å². The minimum Gasteiger partial charge on any atom is -0.508 e. The molecule has 1 amide bonds. The Balaban J connectivity index is 1.71. The van der Waals surface area contributed by atoms with Gasteiger partial charge in [0.2, 0.25) is 0 Å². The zero-order valence-corrected chi connectivity index (χ0v) is 17.4. The molecule has 33 heavy (non-hydrogen) atoms. The summed E-state index contributed by atoms with van der Waals surface area (Å²) in [4.78, 5) is 28.3. The number of amides is 1. The number of halogens is 1. The summed E-state index contributed by atoms with van der Waals surface area (Å²) in [5.41, 5.74) is 0.499. The van der Waals surface area contributed by atoms with Crippen molar-refractivity contribution < 1.29 is 24.2 Å². The van der Waals surface area contributed by atoms with Crippen LogP contribution in [0.3, 0.4) is 0 Å². The first-order chi connectivity index (χ1) is 15.9. The van der Waals surface area contributed by atoms with Crippen molar-refractivity contribution in [1.29, 1.82) is 0 Å². The number of carbonyl (C=O) groups is 2. The molecule has 3 N–H and O–H groups in total. The molecule has 3 aliphatic rings. The second-order valence-corrected chi connectivity index (χ2v) is 8.45. The molecular formula is C26H19FN2O4. The van der Waals surface area contributed by atoms with E-state index >= 15 is 0 Å². The van der Waals surface area contributed by atoms with E-state index in [9.17, 15) is 24.2 Å². The number of nitrogens with zero attached hydrogens (tertiary/aromatic N) is 1. The SMILES string of the molecule is O=C1C2=C(NCCN3C(=O)c4ccccc4C3(O)C2c2cc(F)ccc2O)c2ccccc21. The lowest BCUT2D eigenvalue weighted by molar-refractivity contribution is -0.0972. The molecule has 6 rings (SSSR count). The minimum atomic E-state index is -2.00. The molecule has 0 bridgehead atoms. The molecule has 0 radical (unpaired) electrons. The van der Waals surface area contributed by atoms with E-state index in [0.717, 1.165) is 12.1 Å². The molecule has 7 heteroatoms. The molecule has 3 aromatic carbocycles. The van der Waals surface area contributed by atoms with Crippen LogP contribution in [0.5, 0.6) is 5.75 Å². The maximum atomic E-state index is 14.4. The summed E-state index contributed by atoms with van der Waals surface area (Å²) in [6.45, 7) is 0.439. The van der Waals surface area contributed by atoms with E-state index in [4.69, 9.17) is 0 Å². The van der Waals surface area contributed by atoms with Gasteiger partial charge in [0.1, 0.15) is 11.6 Å². The summed E-state index contributed by atoms with van der Waals surface area (Å²) >= 11 is 0. The molecule has 6 nitrogen and oxygen atoms in total. The van der Waals surface area contributed by atoms with Crippen molar-refractivity contribution in [3.05, 3.63) is 106 Å². The van der Waals surface area contributed by atoms with Crippen molar-refractivity contribution >= 4 is 17.4 Å². The molecule has 2 atom stereocenters. The van der Waals surface area contributed by atoms with Crippen molar-refractivity contribution in [2.45, 2.75) is 11.6 Å².